The maximum atomic E-state index is 6.39. The standard InChI is InChI=1S/C56H35NO2S2/c1-2-10-36(11-3-1)37-20-26-40(27-21-37)57(41-28-22-38(23-29-41)51-32-34-53(60-51)47-16-8-14-45-43-12-4-6-18-49(43)58-55(45)47)42-30-24-39(25-31-42)52-33-35-54(61-52)48-17-9-15-46-44-13-5-7-19-50(44)59-56(46)48/h1-35H. The van der Waals surface area contributed by atoms with Crippen molar-refractivity contribution in [2.75, 3.05) is 4.90 Å². The van der Waals surface area contributed by atoms with Crippen molar-refractivity contribution in [2.24, 2.45) is 0 Å². The summed E-state index contributed by atoms with van der Waals surface area (Å²) in [6, 6.07) is 75.6. The minimum atomic E-state index is 0.917. The van der Waals surface area contributed by atoms with Crippen LogP contribution in [-0.2, 0) is 0 Å². The Balaban J connectivity index is 0.871. The van der Waals surface area contributed by atoms with Crippen LogP contribution in [0.4, 0.5) is 17.1 Å². The fourth-order valence-electron chi connectivity index (χ4n) is 8.59. The molecule has 0 radical (unpaired) electrons. The van der Waals surface area contributed by atoms with Crippen molar-refractivity contribution < 1.29 is 8.83 Å². The monoisotopic (exact) mass is 817 g/mol. The van der Waals surface area contributed by atoms with Gasteiger partial charge in [-0.25, -0.2) is 0 Å². The SMILES string of the molecule is c1ccc(-c2ccc(N(c3ccc(-c4ccc(-c5cccc6c5oc5ccccc56)s4)cc3)c3ccc(-c4ccc(-c5cccc6c5oc5ccccc56)s4)cc3)cc2)cc1. The van der Waals surface area contributed by atoms with Crippen LogP contribution in [0.5, 0.6) is 0 Å². The minimum absolute atomic E-state index is 0.917. The average molecular weight is 818 g/mol. The van der Waals surface area contributed by atoms with Gasteiger partial charge in [0.25, 0.3) is 0 Å². The molecule has 288 valence electrons. The summed E-state index contributed by atoms with van der Waals surface area (Å²) in [4.78, 5) is 7.14. The zero-order chi connectivity index (χ0) is 40.3. The Labute approximate surface area is 360 Å². The van der Waals surface area contributed by atoms with E-state index < -0.39 is 0 Å². The van der Waals surface area contributed by atoms with Gasteiger partial charge in [-0.1, -0.05) is 127 Å². The van der Waals surface area contributed by atoms with Gasteiger partial charge in [0.2, 0.25) is 0 Å². The van der Waals surface area contributed by atoms with Crippen LogP contribution < -0.4 is 4.90 Å². The zero-order valence-electron chi connectivity index (χ0n) is 32.8. The molecule has 0 fully saturated rings. The molecule has 0 aliphatic heterocycles. The van der Waals surface area contributed by atoms with E-state index >= 15 is 0 Å². The molecule has 4 aromatic heterocycles. The van der Waals surface area contributed by atoms with Crippen LogP contribution in [0.1, 0.15) is 0 Å². The summed E-state index contributed by atoms with van der Waals surface area (Å²) >= 11 is 3.59. The van der Waals surface area contributed by atoms with E-state index in [2.05, 4.69) is 193 Å². The summed E-state index contributed by atoms with van der Waals surface area (Å²) in [5.74, 6) is 0. The quantitative estimate of drug-likeness (QED) is 0.153. The molecular weight excluding hydrogens is 783 g/mol. The summed E-state index contributed by atoms with van der Waals surface area (Å²) < 4.78 is 12.8. The third-order valence-corrected chi connectivity index (χ3v) is 13.9. The van der Waals surface area contributed by atoms with E-state index in [4.69, 9.17) is 8.83 Å². The lowest BCUT2D eigenvalue weighted by Gasteiger charge is -2.26. The maximum Gasteiger partial charge on any atom is 0.144 e. The molecule has 0 N–H and O–H groups in total. The molecular formula is C56H35NO2S2. The van der Waals surface area contributed by atoms with Crippen LogP contribution in [-0.4, -0.2) is 0 Å². The predicted octanol–water partition coefficient (Wildman–Crippen LogP) is 17.4. The fraction of sp³-hybridized carbons (Fsp3) is 0. The first kappa shape index (κ1) is 35.5. The van der Waals surface area contributed by atoms with E-state index in [1.807, 2.05) is 24.3 Å². The molecule has 12 aromatic rings. The number of para-hydroxylation sites is 4. The number of nitrogens with zero attached hydrogens (tertiary/aromatic N) is 1. The highest BCUT2D eigenvalue weighted by Gasteiger charge is 2.18. The first-order chi connectivity index (χ1) is 30.2. The molecule has 0 bridgehead atoms. The maximum absolute atomic E-state index is 6.39. The molecule has 0 unspecified atom stereocenters. The summed E-state index contributed by atoms with van der Waals surface area (Å²) in [6.45, 7) is 0. The van der Waals surface area contributed by atoms with Gasteiger partial charge in [-0.3, -0.25) is 0 Å². The Bertz CT molecular complexity index is 3320. The highest BCUT2D eigenvalue weighted by atomic mass is 32.1. The molecule has 0 aliphatic rings. The zero-order valence-corrected chi connectivity index (χ0v) is 34.4. The molecule has 0 saturated carbocycles. The van der Waals surface area contributed by atoms with Crippen molar-refractivity contribution >= 4 is 83.6 Å². The Morgan fingerprint density at radius 2 is 0.656 bits per heavy atom. The van der Waals surface area contributed by atoms with Crippen molar-refractivity contribution in [3.05, 3.63) is 212 Å². The van der Waals surface area contributed by atoms with E-state index in [0.29, 0.717) is 0 Å². The summed E-state index contributed by atoms with van der Waals surface area (Å²) in [5.41, 5.74) is 14.0. The predicted molar refractivity (Wildman–Crippen MR) is 259 cm³/mol. The molecule has 5 heteroatoms. The van der Waals surface area contributed by atoms with Crippen molar-refractivity contribution in [1.29, 1.82) is 0 Å². The van der Waals surface area contributed by atoms with Crippen LogP contribution in [0.25, 0.3) is 96.8 Å². The summed E-state index contributed by atoms with van der Waals surface area (Å²) in [5, 5.41) is 4.59. The molecule has 4 heterocycles. The number of fused-ring (bicyclic) bond motifs is 6. The first-order valence-electron chi connectivity index (χ1n) is 20.4. The average Bonchev–Trinajstić information content (AvgIpc) is 4.16. The van der Waals surface area contributed by atoms with Gasteiger partial charge < -0.3 is 13.7 Å². The highest BCUT2D eigenvalue weighted by molar-refractivity contribution is 7.19. The van der Waals surface area contributed by atoms with Crippen LogP contribution in [0.15, 0.2) is 221 Å². The molecule has 61 heavy (non-hydrogen) atoms. The number of thiophene rings is 2. The highest BCUT2D eigenvalue weighted by Crippen LogP contribution is 2.44. The van der Waals surface area contributed by atoms with Crippen molar-refractivity contribution in [3.8, 4) is 52.9 Å². The van der Waals surface area contributed by atoms with Gasteiger partial charge in [-0.15, -0.1) is 22.7 Å². The van der Waals surface area contributed by atoms with E-state index in [9.17, 15) is 0 Å². The Kier molecular flexibility index (Phi) is 8.54. The second-order valence-electron chi connectivity index (χ2n) is 15.2. The van der Waals surface area contributed by atoms with Crippen molar-refractivity contribution in [2.45, 2.75) is 0 Å². The third kappa shape index (κ3) is 6.26. The lowest BCUT2D eigenvalue weighted by molar-refractivity contribution is 0.670. The van der Waals surface area contributed by atoms with E-state index in [-0.39, 0.29) is 0 Å². The lowest BCUT2D eigenvalue weighted by Crippen LogP contribution is -2.09. The molecule has 8 aromatic carbocycles. The van der Waals surface area contributed by atoms with Gasteiger partial charge in [0.15, 0.2) is 0 Å². The Morgan fingerprint density at radius 3 is 1.13 bits per heavy atom. The number of hydrogen-bond acceptors (Lipinski definition) is 5. The van der Waals surface area contributed by atoms with Gasteiger partial charge in [0, 0.05) is 69.2 Å². The van der Waals surface area contributed by atoms with E-state index in [1.165, 1.54) is 41.8 Å². The molecule has 0 aliphatic carbocycles. The normalized spacial score (nSPS) is 11.6. The lowest BCUT2D eigenvalue weighted by atomic mass is 10.0. The van der Waals surface area contributed by atoms with Gasteiger partial charge in [-0.05, 0) is 107 Å². The molecule has 0 atom stereocenters. The number of benzene rings is 8. The topological polar surface area (TPSA) is 29.5 Å². The van der Waals surface area contributed by atoms with E-state index in [1.54, 1.807) is 22.7 Å². The molecule has 3 nitrogen and oxygen atoms in total. The largest absolute Gasteiger partial charge is 0.455 e. The first-order valence-corrected chi connectivity index (χ1v) is 22.0. The summed E-state index contributed by atoms with van der Waals surface area (Å²) in [6.07, 6.45) is 0. The minimum Gasteiger partial charge on any atom is -0.455 e. The number of rotatable bonds is 8. The number of furan rings is 2. The van der Waals surface area contributed by atoms with Crippen LogP contribution >= 0.6 is 22.7 Å². The van der Waals surface area contributed by atoms with Gasteiger partial charge >= 0.3 is 0 Å². The molecule has 0 spiro atoms. The Hall–Kier alpha value is -7.44. The van der Waals surface area contributed by atoms with Gasteiger partial charge in [-0.2, -0.15) is 0 Å². The summed E-state index contributed by atoms with van der Waals surface area (Å²) in [7, 11) is 0. The van der Waals surface area contributed by atoms with Crippen molar-refractivity contribution in [1.82, 2.24) is 0 Å². The third-order valence-electron chi connectivity index (χ3n) is 11.6. The second kappa shape index (κ2) is 14.7. The molecule has 12 rings (SSSR count). The van der Waals surface area contributed by atoms with Gasteiger partial charge in [0.05, 0.1) is 0 Å². The number of hydrogen-bond donors (Lipinski definition) is 0. The van der Waals surface area contributed by atoms with Crippen molar-refractivity contribution in [3.63, 3.8) is 0 Å². The molecule has 0 saturated heterocycles. The Morgan fingerprint density at radius 1 is 0.279 bits per heavy atom. The van der Waals surface area contributed by atoms with Gasteiger partial charge in [0.1, 0.15) is 22.3 Å². The van der Waals surface area contributed by atoms with E-state index in [0.717, 1.165) is 72.1 Å². The fourth-order valence-corrected chi connectivity index (χ4v) is 10.7. The van der Waals surface area contributed by atoms with Crippen LogP contribution in [0, 0.1) is 0 Å². The number of anilines is 3. The smallest absolute Gasteiger partial charge is 0.144 e. The van der Waals surface area contributed by atoms with Crippen LogP contribution in [0.2, 0.25) is 0 Å². The molecule has 0 amide bonds. The van der Waals surface area contributed by atoms with Crippen LogP contribution in [0.3, 0.4) is 0 Å². The second-order valence-corrected chi connectivity index (χ2v) is 17.4.